The van der Waals surface area contributed by atoms with Crippen LogP contribution in [-0.2, 0) is 19.3 Å². The van der Waals surface area contributed by atoms with Crippen molar-refractivity contribution in [3.63, 3.8) is 0 Å². The Morgan fingerprint density at radius 3 is 0.962 bits per heavy atom. The highest BCUT2D eigenvalue weighted by atomic mass is 16.3. The fraction of sp³-hybridized carbons (Fsp3) is 0.739. The molecule has 0 fully saturated rings. The lowest BCUT2D eigenvalue weighted by atomic mass is 9.95. The Labute approximate surface area is 161 Å². The summed E-state index contributed by atoms with van der Waals surface area (Å²) in [6, 6.07) is 7.03. The molecular formula is C23H42O3. The second-order valence-corrected chi connectivity index (χ2v) is 6.76. The zero-order valence-electron chi connectivity index (χ0n) is 17.2. The van der Waals surface area contributed by atoms with Crippen LogP contribution in [0.25, 0.3) is 0 Å². The van der Waals surface area contributed by atoms with Gasteiger partial charge in [-0.25, -0.2) is 0 Å². The molecule has 152 valence electrons. The molecule has 0 radical (unpaired) electrons. The van der Waals surface area contributed by atoms with Crippen molar-refractivity contribution in [3.05, 3.63) is 34.9 Å². The summed E-state index contributed by atoms with van der Waals surface area (Å²) in [6.45, 7) is 4.88. The Hall–Kier alpha value is -0.900. The Kier molecular flexibility index (Phi) is 18.2. The molecule has 1 rings (SSSR count). The van der Waals surface area contributed by atoms with E-state index >= 15 is 0 Å². The number of aliphatic hydroxyl groups excluding tert-OH is 3. The minimum Gasteiger partial charge on any atom is -0.396 e. The van der Waals surface area contributed by atoms with Crippen LogP contribution >= 0.6 is 0 Å². The smallest absolute Gasteiger partial charge is 0.0431 e. The fourth-order valence-electron chi connectivity index (χ4n) is 3.13. The molecule has 0 saturated heterocycles. The Morgan fingerprint density at radius 1 is 0.462 bits per heavy atom. The van der Waals surface area contributed by atoms with E-state index in [9.17, 15) is 0 Å². The molecule has 0 unspecified atom stereocenters. The summed E-state index contributed by atoms with van der Waals surface area (Å²) < 4.78 is 0. The summed E-state index contributed by atoms with van der Waals surface area (Å²) in [5.41, 5.74) is 4.26. The van der Waals surface area contributed by atoms with Gasteiger partial charge in [0.25, 0.3) is 0 Å². The van der Waals surface area contributed by atoms with Gasteiger partial charge in [-0.1, -0.05) is 51.3 Å². The van der Waals surface area contributed by atoms with Gasteiger partial charge in [-0.05, 0) is 74.5 Å². The average molecular weight is 367 g/mol. The molecule has 1 aromatic carbocycles. The van der Waals surface area contributed by atoms with Crippen molar-refractivity contribution in [2.24, 2.45) is 0 Å². The van der Waals surface area contributed by atoms with Crippen LogP contribution in [0.2, 0.25) is 0 Å². The highest BCUT2D eigenvalue weighted by Gasteiger charge is 2.03. The van der Waals surface area contributed by atoms with Gasteiger partial charge in [0.15, 0.2) is 0 Å². The van der Waals surface area contributed by atoms with Gasteiger partial charge in [-0.15, -0.1) is 0 Å². The maximum Gasteiger partial charge on any atom is 0.0431 e. The van der Waals surface area contributed by atoms with Crippen molar-refractivity contribution < 1.29 is 15.3 Å². The summed E-state index contributed by atoms with van der Waals surface area (Å²) in [4.78, 5) is 0. The third-order valence-electron chi connectivity index (χ3n) is 4.48. The van der Waals surface area contributed by atoms with Gasteiger partial charge in [0.05, 0.1) is 0 Å². The van der Waals surface area contributed by atoms with Crippen molar-refractivity contribution in [2.75, 3.05) is 19.8 Å². The Morgan fingerprint density at radius 2 is 0.731 bits per heavy atom. The van der Waals surface area contributed by atoms with Crippen molar-refractivity contribution >= 4 is 0 Å². The molecule has 3 heteroatoms. The first-order valence-corrected chi connectivity index (χ1v) is 10.7. The molecule has 1 aromatic rings. The van der Waals surface area contributed by atoms with Crippen molar-refractivity contribution in [3.8, 4) is 0 Å². The molecule has 0 heterocycles. The molecule has 0 bridgehead atoms. The lowest BCUT2D eigenvalue weighted by Crippen LogP contribution is -1.97. The van der Waals surface area contributed by atoms with E-state index in [0.717, 1.165) is 77.0 Å². The van der Waals surface area contributed by atoms with Crippen molar-refractivity contribution in [1.29, 1.82) is 0 Å². The number of aliphatic hydroxyl groups is 3. The van der Waals surface area contributed by atoms with Crippen molar-refractivity contribution in [1.82, 2.24) is 0 Å². The average Bonchev–Trinajstić information content (AvgIpc) is 2.67. The third-order valence-corrected chi connectivity index (χ3v) is 4.48. The molecule has 0 amide bonds. The van der Waals surface area contributed by atoms with E-state index in [1.165, 1.54) is 16.7 Å². The summed E-state index contributed by atoms with van der Waals surface area (Å²) in [7, 11) is 0. The number of unbranched alkanes of at least 4 members (excludes halogenated alkanes) is 6. The number of aryl methyl sites for hydroxylation is 3. The highest BCUT2D eigenvalue weighted by Crippen LogP contribution is 2.18. The Balaban J connectivity index is 0.00000301. The third kappa shape index (κ3) is 13.3. The van der Waals surface area contributed by atoms with Crippen molar-refractivity contribution in [2.45, 2.75) is 90.9 Å². The number of benzene rings is 1. The van der Waals surface area contributed by atoms with E-state index in [2.05, 4.69) is 18.2 Å². The first-order chi connectivity index (χ1) is 12.8. The van der Waals surface area contributed by atoms with Gasteiger partial charge in [0.2, 0.25) is 0 Å². The first-order valence-electron chi connectivity index (χ1n) is 10.7. The molecule has 0 aromatic heterocycles. The maximum atomic E-state index is 8.90. The molecule has 0 aliphatic heterocycles. The predicted molar refractivity (Wildman–Crippen MR) is 112 cm³/mol. The minimum absolute atomic E-state index is 0.293. The second-order valence-electron chi connectivity index (χ2n) is 6.76. The normalized spacial score (nSPS) is 10.5. The second kappa shape index (κ2) is 18.9. The van der Waals surface area contributed by atoms with Crippen LogP contribution in [0.3, 0.4) is 0 Å². The number of rotatable bonds is 15. The lowest BCUT2D eigenvalue weighted by Gasteiger charge is -2.10. The van der Waals surface area contributed by atoms with Gasteiger partial charge < -0.3 is 15.3 Å². The minimum atomic E-state index is 0.293. The Bertz CT molecular complexity index is 344. The van der Waals surface area contributed by atoms with Crippen LogP contribution in [0.1, 0.15) is 88.3 Å². The van der Waals surface area contributed by atoms with E-state index in [4.69, 9.17) is 15.3 Å². The molecule has 0 aliphatic carbocycles. The molecule has 26 heavy (non-hydrogen) atoms. The molecule has 0 aliphatic rings. The molecule has 3 nitrogen and oxygen atoms in total. The zero-order chi connectivity index (χ0) is 19.5. The van der Waals surface area contributed by atoms with Crippen LogP contribution in [0.4, 0.5) is 0 Å². The van der Waals surface area contributed by atoms with Gasteiger partial charge in [0, 0.05) is 19.8 Å². The van der Waals surface area contributed by atoms with Gasteiger partial charge >= 0.3 is 0 Å². The van der Waals surface area contributed by atoms with E-state index < -0.39 is 0 Å². The molecular weight excluding hydrogens is 324 g/mol. The predicted octanol–water partition coefficient (Wildman–Crippen LogP) is 4.83. The lowest BCUT2D eigenvalue weighted by molar-refractivity contribution is 0.283. The topological polar surface area (TPSA) is 60.7 Å². The summed E-state index contributed by atoms with van der Waals surface area (Å²) in [5, 5.41) is 26.7. The van der Waals surface area contributed by atoms with E-state index in [1.54, 1.807) is 0 Å². The summed E-state index contributed by atoms with van der Waals surface area (Å²) in [6.07, 6.45) is 12.6. The van der Waals surface area contributed by atoms with Crippen LogP contribution in [0, 0.1) is 0 Å². The van der Waals surface area contributed by atoms with Gasteiger partial charge in [-0.2, -0.15) is 0 Å². The standard InChI is InChI=1S/C21H36O3.C2H6/c22-13-7-1-4-10-19-16-20(11-5-2-8-14-23)18-21(17-19)12-6-3-9-15-24;1-2/h16-18,22-24H,1-15H2;1-2H3. The molecule has 0 atom stereocenters. The fourth-order valence-corrected chi connectivity index (χ4v) is 3.13. The molecule has 0 saturated carbocycles. The number of hydrogen-bond donors (Lipinski definition) is 3. The highest BCUT2D eigenvalue weighted by molar-refractivity contribution is 5.30. The number of hydrogen-bond acceptors (Lipinski definition) is 3. The quantitative estimate of drug-likeness (QED) is 0.390. The maximum absolute atomic E-state index is 8.90. The summed E-state index contributed by atoms with van der Waals surface area (Å²) >= 11 is 0. The molecule has 3 N–H and O–H groups in total. The van der Waals surface area contributed by atoms with Crippen LogP contribution in [-0.4, -0.2) is 35.1 Å². The van der Waals surface area contributed by atoms with Crippen LogP contribution < -0.4 is 0 Å². The van der Waals surface area contributed by atoms with Crippen LogP contribution in [0.15, 0.2) is 18.2 Å². The monoisotopic (exact) mass is 366 g/mol. The van der Waals surface area contributed by atoms with Crippen LogP contribution in [0.5, 0.6) is 0 Å². The zero-order valence-corrected chi connectivity index (χ0v) is 17.2. The van der Waals surface area contributed by atoms with E-state index in [-0.39, 0.29) is 0 Å². The molecule has 0 spiro atoms. The largest absolute Gasteiger partial charge is 0.396 e. The van der Waals surface area contributed by atoms with Gasteiger partial charge in [-0.3, -0.25) is 0 Å². The SMILES string of the molecule is CC.OCCCCCc1cc(CCCCCO)cc(CCCCCO)c1. The first kappa shape index (κ1) is 25.1. The summed E-state index contributed by atoms with van der Waals surface area (Å²) in [5.74, 6) is 0. The van der Waals surface area contributed by atoms with E-state index in [0.29, 0.717) is 19.8 Å². The van der Waals surface area contributed by atoms with E-state index in [1.807, 2.05) is 13.8 Å². The van der Waals surface area contributed by atoms with Gasteiger partial charge in [0.1, 0.15) is 0 Å².